The van der Waals surface area contributed by atoms with Crippen LogP contribution in [-0.2, 0) is 4.79 Å². The number of carboxylic acid groups (broad SMARTS) is 1. The Balaban J connectivity index is 2.53. The Bertz CT molecular complexity index is 238. The van der Waals surface area contributed by atoms with E-state index in [1.165, 1.54) is 12.8 Å². The van der Waals surface area contributed by atoms with Gasteiger partial charge in [0.05, 0.1) is 5.41 Å². The van der Waals surface area contributed by atoms with Gasteiger partial charge >= 0.3 is 5.97 Å². The van der Waals surface area contributed by atoms with Crippen LogP contribution in [0.1, 0.15) is 46.5 Å². The van der Waals surface area contributed by atoms with Crippen LogP contribution in [0.4, 0.5) is 0 Å². The topological polar surface area (TPSA) is 40.5 Å². The average molecular weight is 227 g/mol. The van der Waals surface area contributed by atoms with E-state index in [0.717, 1.165) is 38.4 Å². The van der Waals surface area contributed by atoms with Gasteiger partial charge in [-0.15, -0.1) is 0 Å². The van der Waals surface area contributed by atoms with Gasteiger partial charge in [-0.1, -0.05) is 26.7 Å². The van der Waals surface area contributed by atoms with Crippen molar-refractivity contribution in [1.29, 1.82) is 0 Å². The molecule has 94 valence electrons. The molecule has 1 N–H and O–H groups in total. The zero-order valence-corrected chi connectivity index (χ0v) is 10.8. The number of likely N-dealkylation sites (tertiary alicyclic amines) is 1. The molecule has 3 nitrogen and oxygen atoms in total. The second-order valence-electron chi connectivity index (χ2n) is 5.39. The van der Waals surface area contributed by atoms with E-state index in [-0.39, 0.29) is 0 Å². The Labute approximate surface area is 98.8 Å². The molecule has 1 saturated heterocycles. The third-order valence-electron chi connectivity index (χ3n) is 3.96. The summed E-state index contributed by atoms with van der Waals surface area (Å²) in [6, 6.07) is 0. The molecule has 1 unspecified atom stereocenters. The van der Waals surface area contributed by atoms with Crippen molar-refractivity contribution in [3.8, 4) is 0 Å². The van der Waals surface area contributed by atoms with E-state index >= 15 is 0 Å². The zero-order chi connectivity index (χ0) is 12.2. The second-order valence-corrected chi connectivity index (χ2v) is 5.39. The molecule has 0 saturated carbocycles. The Morgan fingerprint density at radius 3 is 2.56 bits per heavy atom. The SMILES string of the molecule is CCC(CC)CN1CCCC(C)(C(=O)O)C1. The number of nitrogens with zero attached hydrogens (tertiary/aromatic N) is 1. The molecule has 1 heterocycles. The zero-order valence-electron chi connectivity index (χ0n) is 10.8. The summed E-state index contributed by atoms with van der Waals surface area (Å²) >= 11 is 0. The number of rotatable bonds is 5. The molecule has 0 spiro atoms. The molecule has 0 aromatic carbocycles. The molecular formula is C13H25NO2. The lowest BCUT2D eigenvalue weighted by atomic mass is 9.81. The first-order chi connectivity index (χ1) is 7.51. The summed E-state index contributed by atoms with van der Waals surface area (Å²) in [7, 11) is 0. The van der Waals surface area contributed by atoms with Crippen molar-refractivity contribution in [3.05, 3.63) is 0 Å². The fraction of sp³-hybridized carbons (Fsp3) is 0.923. The van der Waals surface area contributed by atoms with Crippen molar-refractivity contribution < 1.29 is 9.90 Å². The molecule has 1 rings (SSSR count). The summed E-state index contributed by atoms with van der Waals surface area (Å²) < 4.78 is 0. The van der Waals surface area contributed by atoms with E-state index in [9.17, 15) is 9.90 Å². The second kappa shape index (κ2) is 5.67. The number of carbonyl (C=O) groups is 1. The fourth-order valence-corrected chi connectivity index (χ4v) is 2.59. The van der Waals surface area contributed by atoms with Crippen molar-refractivity contribution >= 4 is 5.97 Å². The standard InChI is InChI=1S/C13H25NO2/c1-4-11(5-2)9-14-8-6-7-13(3,10-14)12(15)16/h11H,4-10H2,1-3H3,(H,15,16). The van der Waals surface area contributed by atoms with E-state index in [1.54, 1.807) is 0 Å². The summed E-state index contributed by atoms with van der Waals surface area (Å²) in [5.41, 5.74) is -0.524. The first-order valence-electron chi connectivity index (χ1n) is 6.47. The Hall–Kier alpha value is -0.570. The number of hydrogen-bond acceptors (Lipinski definition) is 2. The molecule has 1 aliphatic rings. The number of piperidine rings is 1. The van der Waals surface area contributed by atoms with Gasteiger partial charge in [-0.3, -0.25) is 4.79 Å². The molecule has 16 heavy (non-hydrogen) atoms. The van der Waals surface area contributed by atoms with Crippen LogP contribution in [0, 0.1) is 11.3 Å². The third kappa shape index (κ3) is 3.21. The maximum atomic E-state index is 11.2. The monoisotopic (exact) mass is 227 g/mol. The van der Waals surface area contributed by atoms with Crippen molar-refractivity contribution in [2.75, 3.05) is 19.6 Å². The van der Waals surface area contributed by atoms with E-state index < -0.39 is 11.4 Å². The maximum Gasteiger partial charge on any atom is 0.310 e. The van der Waals surface area contributed by atoms with Gasteiger partial charge < -0.3 is 10.0 Å². The Morgan fingerprint density at radius 2 is 2.06 bits per heavy atom. The molecule has 0 aliphatic carbocycles. The van der Waals surface area contributed by atoms with Crippen molar-refractivity contribution in [3.63, 3.8) is 0 Å². The van der Waals surface area contributed by atoms with Crippen LogP contribution >= 0.6 is 0 Å². The van der Waals surface area contributed by atoms with Gasteiger partial charge in [0.15, 0.2) is 0 Å². The van der Waals surface area contributed by atoms with Gasteiger partial charge in [0.1, 0.15) is 0 Å². The molecule has 1 aliphatic heterocycles. The van der Waals surface area contributed by atoms with E-state index in [1.807, 2.05) is 6.92 Å². The van der Waals surface area contributed by atoms with Crippen LogP contribution in [0.25, 0.3) is 0 Å². The minimum absolute atomic E-state index is 0.524. The van der Waals surface area contributed by atoms with Crippen molar-refractivity contribution in [2.45, 2.75) is 46.5 Å². The minimum atomic E-state index is -0.637. The van der Waals surface area contributed by atoms with E-state index in [4.69, 9.17) is 0 Å². The molecule has 1 atom stereocenters. The quantitative estimate of drug-likeness (QED) is 0.785. The maximum absolute atomic E-state index is 11.2. The largest absolute Gasteiger partial charge is 0.481 e. The van der Waals surface area contributed by atoms with Crippen LogP contribution in [0.2, 0.25) is 0 Å². The molecule has 0 aromatic rings. The van der Waals surface area contributed by atoms with Gasteiger partial charge in [0.2, 0.25) is 0 Å². The van der Waals surface area contributed by atoms with Gasteiger partial charge in [0, 0.05) is 13.1 Å². The molecule has 0 bridgehead atoms. The highest BCUT2D eigenvalue weighted by Crippen LogP contribution is 2.30. The lowest BCUT2D eigenvalue weighted by Gasteiger charge is -2.38. The van der Waals surface area contributed by atoms with Crippen LogP contribution in [0.3, 0.4) is 0 Å². The minimum Gasteiger partial charge on any atom is -0.481 e. The van der Waals surface area contributed by atoms with Gasteiger partial charge in [-0.05, 0) is 32.2 Å². The molecule has 1 fully saturated rings. The Morgan fingerprint density at radius 1 is 1.44 bits per heavy atom. The van der Waals surface area contributed by atoms with E-state index in [0.29, 0.717) is 0 Å². The summed E-state index contributed by atoms with van der Waals surface area (Å²) in [5, 5.41) is 9.24. The first-order valence-corrected chi connectivity index (χ1v) is 6.47. The van der Waals surface area contributed by atoms with Crippen molar-refractivity contribution in [1.82, 2.24) is 4.90 Å². The molecule has 0 radical (unpaired) electrons. The average Bonchev–Trinajstić information content (AvgIpc) is 2.26. The molecule has 0 amide bonds. The lowest BCUT2D eigenvalue weighted by molar-refractivity contribution is -0.151. The third-order valence-corrected chi connectivity index (χ3v) is 3.96. The Kier molecular flexibility index (Phi) is 4.78. The molecular weight excluding hydrogens is 202 g/mol. The van der Waals surface area contributed by atoms with Crippen molar-refractivity contribution in [2.24, 2.45) is 11.3 Å². The van der Waals surface area contributed by atoms with Crippen LogP contribution < -0.4 is 0 Å². The van der Waals surface area contributed by atoms with Crippen LogP contribution in [0.15, 0.2) is 0 Å². The molecule has 3 heteroatoms. The summed E-state index contributed by atoms with van der Waals surface area (Å²) in [4.78, 5) is 13.6. The lowest BCUT2D eigenvalue weighted by Crippen LogP contribution is -2.47. The first kappa shape index (κ1) is 13.5. The highest BCUT2D eigenvalue weighted by atomic mass is 16.4. The number of hydrogen-bond donors (Lipinski definition) is 1. The molecule has 0 aromatic heterocycles. The van der Waals surface area contributed by atoms with Gasteiger partial charge in [0.25, 0.3) is 0 Å². The van der Waals surface area contributed by atoms with Gasteiger partial charge in [-0.25, -0.2) is 0 Å². The van der Waals surface area contributed by atoms with Crippen LogP contribution in [0.5, 0.6) is 0 Å². The normalized spacial score (nSPS) is 27.2. The van der Waals surface area contributed by atoms with E-state index in [2.05, 4.69) is 18.7 Å². The smallest absolute Gasteiger partial charge is 0.310 e. The predicted octanol–water partition coefficient (Wildman–Crippen LogP) is 2.61. The summed E-state index contributed by atoms with van der Waals surface area (Å²) in [6.07, 6.45) is 4.22. The highest BCUT2D eigenvalue weighted by molar-refractivity contribution is 5.74. The highest BCUT2D eigenvalue weighted by Gasteiger charge is 2.37. The predicted molar refractivity (Wildman–Crippen MR) is 65.5 cm³/mol. The number of aliphatic carboxylic acids is 1. The summed E-state index contributed by atoms with van der Waals surface area (Å²) in [6.45, 7) is 9.17. The fourth-order valence-electron chi connectivity index (χ4n) is 2.59. The number of carboxylic acids is 1. The van der Waals surface area contributed by atoms with Gasteiger partial charge in [-0.2, -0.15) is 0 Å². The van der Waals surface area contributed by atoms with Crippen LogP contribution in [-0.4, -0.2) is 35.6 Å². The summed E-state index contributed by atoms with van der Waals surface area (Å²) in [5.74, 6) is 0.0814.